The molecule has 0 unspecified atom stereocenters. The predicted molar refractivity (Wildman–Crippen MR) is 116 cm³/mol. The standard InChI is InChI=1S/C22H22ClF4N5O3/c1-34-9-8-31(7-6-24)18(33)12-32-17(19(26)27)11-16(29-32)20-28-21(30-35-20)22(4-5-22)14-3-2-13(25)10-15(14)23/h2-3,10-11,19H,4-9,12H2,1H3. The molecule has 1 fully saturated rings. The molecule has 2 heterocycles. The lowest BCUT2D eigenvalue weighted by Crippen LogP contribution is -2.38. The number of hydrogen-bond donors (Lipinski definition) is 0. The van der Waals surface area contributed by atoms with E-state index >= 15 is 0 Å². The average molecular weight is 516 g/mol. The lowest BCUT2D eigenvalue weighted by molar-refractivity contribution is -0.133. The van der Waals surface area contributed by atoms with E-state index < -0.39 is 42.5 Å². The third kappa shape index (κ3) is 5.18. The van der Waals surface area contributed by atoms with Crippen LogP contribution in [0.3, 0.4) is 0 Å². The summed E-state index contributed by atoms with van der Waals surface area (Å²) in [4.78, 5) is 18.1. The topological polar surface area (TPSA) is 86.3 Å². The van der Waals surface area contributed by atoms with Gasteiger partial charge in [-0.05, 0) is 36.6 Å². The van der Waals surface area contributed by atoms with Gasteiger partial charge in [0.15, 0.2) is 11.5 Å². The molecule has 3 aromatic rings. The summed E-state index contributed by atoms with van der Waals surface area (Å²) in [6.45, 7) is -1.23. The van der Waals surface area contributed by atoms with E-state index in [-0.39, 0.29) is 42.1 Å². The molecule has 0 N–H and O–H groups in total. The first-order chi connectivity index (χ1) is 16.8. The van der Waals surface area contributed by atoms with Crippen LogP contribution in [-0.4, -0.2) is 64.2 Å². The third-order valence-corrected chi connectivity index (χ3v) is 6.17. The number of hydrogen-bond acceptors (Lipinski definition) is 6. The Hall–Kier alpha value is -2.99. The summed E-state index contributed by atoms with van der Waals surface area (Å²) in [7, 11) is 1.43. The second kappa shape index (κ2) is 10.3. The number of benzene rings is 1. The number of ether oxygens (including phenoxy) is 1. The maximum atomic E-state index is 13.7. The number of carbonyl (C=O) groups is 1. The molecule has 0 atom stereocenters. The Morgan fingerprint density at radius 1 is 1.31 bits per heavy atom. The van der Waals surface area contributed by atoms with Gasteiger partial charge >= 0.3 is 0 Å². The number of rotatable bonds is 11. The third-order valence-electron chi connectivity index (χ3n) is 5.86. The van der Waals surface area contributed by atoms with E-state index in [4.69, 9.17) is 20.9 Å². The van der Waals surface area contributed by atoms with E-state index in [9.17, 15) is 22.4 Å². The van der Waals surface area contributed by atoms with Crippen LogP contribution in [0.2, 0.25) is 5.02 Å². The van der Waals surface area contributed by atoms with E-state index in [1.807, 2.05) is 0 Å². The molecule has 2 aromatic heterocycles. The SMILES string of the molecule is COCCN(CCF)C(=O)Cn1nc(-c2nc(C3(c4ccc(F)cc4Cl)CC3)no2)cc1C(F)F. The van der Waals surface area contributed by atoms with Gasteiger partial charge < -0.3 is 14.2 Å². The molecule has 188 valence electrons. The van der Waals surface area contributed by atoms with Crippen molar-refractivity contribution in [3.05, 3.63) is 52.2 Å². The van der Waals surface area contributed by atoms with Gasteiger partial charge in [0.2, 0.25) is 5.91 Å². The molecule has 0 aliphatic heterocycles. The van der Waals surface area contributed by atoms with Crippen molar-refractivity contribution >= 4 is 17.5 Å². The Labute approximate surface area is 202 Å². The van der Waals surface area contributed by atoms with Crippen molar-refractivity contribution in [3.63, 3.8) is 0 Å². The van der Waals surface area contributed by atoms with E-state index in [0.717, 1.165) is 10.7 Å². The molecule has 1 aliphatic carbocycles. The van der Waals surface area contributed by atoms with Gasteiger partial charge in [0.05, 0.1) is 12.0 Å². The molecule has 1 aliphatic rings. The van der Waals surface area contributed by atoms with E-state index in [1.165, 1.54) is 24.1 Å². The minimum Gasteiger partial charge on any atom is -0.383 e. The molecule has 0 bridgehead atoms. The minimum absolute atomic E-state index is 0.0400. The summed E-state index contributed by atoms with van der Waals surface area (Å²) < 4.78 is 64.7. The Morgan fingerprint density at radius 3 is 2.71 bits per heavy atom. The molecular weight excluding hydrogens is 494 g/mol. The fourth-order valence-corrected chi connectivity index (χ4v) is 4.22. The monoisotopic (exact) mass is 515 g/mol. The largest absolute Gasteiger partial charge is 0.383 e. The summed E-state index contributed by atoms with van der Waals surface area (Å²) in [5, 5.41) is 8.29. The van der Waals surface area contributed by atoms with Gasteiger partial charge in [0.25, 0.3) is 12.3 Å². The molecule has 1 amide bonds. The number of alkyl halides is 3. The van der Waals surface area contributed by atoms with Crippen molar-refractivity contribution in [2.24, 2.45) is 0 Å². The molecule has 4 rings (SSSR count). The first-order valence-electron chi connectivity index (χ1n) is 10.8. The number of carbonyl (C=O) groups excluding carboxylic acids is 1. The van der Waals surface area contributed by atoms with Gasteiger partial charge in [-0.3, -0.25) is 9.48 Å². The molecule has 0 saturated heterocycles. The first-order valence-corrected chi connectivity index (χ1v) is 11.2. The van der Waals surface area contributed by atoms with Crippen LogP contribution in [0.15, 0.2) is 28.8 Å². The van der Waals surface area contributed by atoms with E-state index in [2.05, 4.69) is 15.2 Å². The van der Waals surface area contributed by atoms with Crippen LogP contribution < -0.4 is 0 Å². The molecule has 1 saturated carbocycles. The Kier molecular flexibility index (Phi) is 7.41. The highest BCUT2D eigenvalue weighted by Crippen LogP contribution is 2.54. The number of halogens is 5. The van der Waals surface area contributed by atoms with Crippen molar-refractivity contribution in [3.8, 4) is 11.6 Å². The van der Waals surface area contributed by atoms with Gasteiger partial charge in [0, 0.05) is 25.2 Å². The average Bonchev–Trinajstić information content (AvgIpc) is 3.26. The zero-order valence-corrected chi connectivity index (χ0v) is 19.4. The van der Waals surface area contributed by atoms with Crippen LogP contribution >= 0.6 is 11.6 Å². The summed E-state index contributed by atoms with van der Waals surface area (Å²) in [6, 6.07) is 5.11. The molecule has 0 radical (unpaired) electrons. The number of methoxy groups -OCH3 is 1. The smallest absolute Gasteiger partial charge is 0.280 e. The summed E-state index contributed by atoms with van der Waals surface area (Å²) in [5.74, 6) is -0.905. The van der Waals surface area contributed by atoms with Gasteiger partial charge in [-0.25, -0.2) is 17.6 Å². The molecule has 13 heteroatoms. The molecule has 8 nitrogen and oxygen atoms in total. The molecule has 35 heavy (non-hydrogen) atoms. The Balaban J connectivity index is 1.59. The van der Waals surface area contributed by atoms with Crippen molar-refractivity contribution in [2.45, 2.75) is 31.2 Å². The minimum atomic E-state index is -2.94. The highest BCUT2D eigenvalue weighted by atomic mass is 35.5. The lowest BCUT2D eigenvalue weighted by Gasteiger charge is -2.21. The van der Waals surface area contributed by atoms with Crippen molar-refractivity contribution in [2.75, 3.05) is 33.5 Å². The fraction of sp³-hybridized carbons (Fsp3) is 0.455. The van der Waals surface area contributed by atoms with Crippen LogP contribution in [0.4, 0.5) is 17.6 Å². The predicted octanol–water partition coefficient (Wildman–Crippen LogP) is 4.19. The normalized spacial score (nSPS) is 14.5. The maximum Gasteiger partial charge on any atom is 0.280 e. The fourth-order valence-electron chi connectivity index (χ4n) is 3.87. The highest BCUT2D eigenvalue weighted by molar-refractivity contribution is 6.31. The van der Waals surface area contributed by atoms with Crippen LogP contribution in [0.25, 0.3) is 11.6 Å². The van der Waals surface area contributed by atoms with Gasteiger partial charge in [-0.1, -0.05) is 22.8 Å². The second-order valence-corrected chi connectivity index (χ2v) is 8.51. The Bertz CT molecular complexity index is 1200. The number of aromatic nitrogens is 4. The summed E-state index contributed by atoms with van der Waals surface area (Å²) in [5.41, 5.74) is -0.587. The van der Waals surface area contributed by atoms with E-state index in [1.54, 1.807) is 6.07 Å². The van der Waals surface area contributed by atoms with Crippen molar-refractivity contribution in [1.82, 2.24) is 24.8 Å². The van der Waals surface area contributed by atoms with Gasteiger partial charge in [-0.2, -0.15) is 10.1 Å². The maximum absolute atomic E-state index is 13.7. The van der Waals surface area contributed by atoms with Crippen LogP contribution in [0.1, 0.15) is 36.3 Å². The summed E-state index contributed by atoms with van der Waals surface area (Å²) in [6.07, 6.45) is -1.64. The number of nitrogens with zero attached hydrogens (tertiary/aromatic N) is 5. The van der Waals surface area contributed by atoms with Crippen molar-refractivity contribution in [1.29, 1.82) is 0 Å². The molecule has 0 spiro atoms. The van der Waals surface area contributed by atoms with Crippen LogP contribution in [0.5, 0.6) is 0 Å². The Morgan fingerprint density at radius 2 is 2.09 bits per heavy atom. The molecular formula is C22H22ClF4N5O3. The first kappa shape index (κ1) is 25.1. The second-order valence-electron chi connectivity index (χ2n) is 8.10. The van der Waals surface area contributed by atoms with E-state index in [0.29, 0.717) is 18.4 Å². The van der Waals surface area contributed by atoms with Gasteiger partial charge in [-0.15, -0.1) is 0 Å². The van der Waals surface area contributed by atoms with Crippen LogP contribution in [-0.2, 0) is 21.5 Å². The molecule has 1 aromatic carbocycles. The quantitative estimate of drug-likeness (QED) is 0.356. The van der Waals surface area contributed by atoms with Crippen LogP contribution in [0, 0.1) is 5.82 Å². The zero-order chi connectivity index (χ0) is 25.2. The summed E-state index contributed by atoms with van der Waals surface area (Å²) >= 11 is 6.22. The number of amides is 1. The zero-order valence-electron chi connectivity index (χ0n) is 18.7. The van der Waals surface area contributed by atoms with Crippen molar-refractivity contribution < 1.29 is 31.6 Å². The lowest BCUT2D eigenvalue weighted by atomic mass is 9.95. The highest BCUT2D eigenvalue weighted by Gasteiger charge is 2.51. The van der Waals surface area contributed by atoms with Gasteiger partial charge in [0.1, 0.15) is 24.7 Å².